The van der Waals surface area contributed by atoms with E-state index in [2.05, 4.69) is 21.2 Å². The molecule has 0 atom stereocenters. The molecule has 0 fully saturated rings. The van der Waals surface area contributed by atoms with Crippen LogP contribution in [0.15, 0.2) is 82.4 Å². The minimum atomic E-state index is -0.0286. The monoisotopic (exact) mass is 476 g/mol. The number of hydrogen-bond donors (Lipinski definition) is 1. The van der Waals surface area contributed by atoms with E-state index < -0.39 is 0 Å². The molecule has 0 aliphatic carbocycles. The molecule has 2 aromatic heterocycles. The smallest absolute Gasteiger partial charge is 0.230 e. The van der Waals surface area contributed by atoms with E-state index in [-0.39, 0.29) is 11.7 Å². The van der Waals surface area contributed by atoms with E-state index in [0.717, 1.165) is 42.8 Å². The van der Waals surface area contributed by atoms with Crippen molar-refractivity contribution in [3.8, 4) is 0 Å². The van der Waals surface area contributed by atoms with Gasteiger partial charge in [-0.15, -0.1) is 0 Å². The Kier molecular flexibility index (Phi) is 5.14. The second kappa shape index (κ2) is 8.08. The van der Waals surface area contributed by atoms with Crippen LogP contribution in [0.2, 0.25) is 0 Å². The van der Waals surface area contributed by atoms with Crippen molar-refractivity contribution in [1.82, 2.24) is 19.7 Å². The number of aromatic nitrogens is 3. The van der Waals surface area contributed by atoms with Crippen molar-refractivity contribution in [2.45, 2.75) is 11.7 Å². The van der Waals surface area contributed by atoms with Crippen LogP contribution in [0.3, 0.4) is 0 Å². The fourth-order valence-electron chi connectivity index (χ4n) is 3.41. The fourth-order valence-corrected chi connectivity index (χ4v) is 4.61. The zero-order valence-corrected chi connectivity index (χ0v) is 18.3. The highest BCUT2D eigenvalue weighted by atomic mass is 79.9. The fraction of sp³-hybridized carbons (Fsp3) is 0.0870. The molecule has 0 saturated carbocycles. The Balaban J connectivity index is 1.48. The highest BCUT2D eigenvalue weighted by Crippen LogP contribution is 2.30. The first-order valence-corrected chi connectivity index (χ1v) is 11.3. The van der Waals surface area contributed by atoms with Crippen molar-refractivity contribution >= 4 is 61.2 Å². The van der Waals surface area contributed by atoms with E-state index in [1.54, 1.807) is 0 Å². The average Bonchev–Trinajstić information content (AvgIpc) is 3.17. The highest BCUT2D eigenvalue weighted by Gasteiger charge is 2.15. The number of para-hydroxylation sites is 2. The van der Waals surface area contributed by atoms with Gasteiger partial charge in [-0.2, -0.15) is 0 Å². The van der Waals surface area contributed by atoms with Crippen molar-refractivity contribution in [1.29, 1.82) is 0 Å². The molecule has 7 heteroatoms. The predicted molar refractivity (Wildman–Crippen MR) is 125 cm³/mol. The number of carbonyl (C=O) groups excluding carboxylic acids is 1. The van der Waals surface area contributed by atoms with Gasteiger partial charge in [-0.25, -0.2) is 9.97 Å². The van der Waals surface area contributed by atoms with Crippen LogP contribution in [0.25, 0.3) is 27.6 Å². The van der Waals surface area contributed by atoms with Crippen LogP contribution in [-0.4, -0.2) is 26.0 Å². The van der Waals surface area contributed by atoms with E-state index in [1.807, 2.05) is 77.2 Å². The maximum atomic E-state index is 12.4. The third-order valence-corrected chi connectivity index (χ3v) is 6.26. The van der Waals surface area contributed by atoms with E-state index in [1.165, 1.54) is 11.8 Å². The summed E-state index contributed by atoms with van der Waals surface area (Å²) in [6.45, 7) is 0.517. The standard InChI is InChI=1S/C23H17BrN4OS/c24-16-10-11-18-17(12-16)22-26-19-8-4-5-9-20(19)28(22)23(27-18)30-14-21(29)25-13-15-6-2-1-3-7-15/h1-12H,13-14H2,(H,25,29). The molecule has 0 bridgehead atoms. The molecule has 0 saturated heterocycles. The van der Waals surface area contributed by atoms with Gasteiger partial charge in [-0.05, 0) is 35.9 Å². The molecule has 5 rings (SSSR count). The van der Waals surface area contributed by atoms with E-state index in [9.17, 15) is 4.79 Å². The number of nitrogens with zero attached hydrogens (tertiary/aromatic N) is 3. The molecule has 0 aliphatic rings. The summed E-state index contributed by atoms with van der Waals surface area (Å²) in [5, 5.41) is 4.70. The van der Waals surface area contributed by atoms with Crippen molar-refractivity contribution in [2.24, 2.45) is 0 Å². The van der Waals surface area contributed by atoms with Gasteiger partial charge in [0.05, 0.1) is 22.3 Å². The molecule has 0 radical (unpaired) electrons. The Hall–Kier alpha value is -2.90. The lowest BCUT2D eigenvalue weighted by atomic mass is 10.2. The van der Waals surface area contributed by atoms with Gasteiger partial charge in [0.25, 0.3) is 0 Å². The van der Waals surface area contributed by atoms with E-state index in [0.29, 0.717) is 6.54 Å². The van der Waals surface area contributed by atoms with Crippen molar-refractivity contribution in [2.75, 3.05) is 5.75 Å². The Morgan fingerprint density at radius 3 is 2.63 bits per heavy atom. The molecule has 5 nitrogen and oxygen atoms in total. The number of halogens is 1. The number of nitrogens with one attached hydrogen (secondary N) is 1. The quantitative estimate of drug-likeness (QED) is 0.279. The summed E-state index contributed by atoms with van der Waals surface area (Å²) >= 11 is 4.96. The average molecular weight is 477 g/mol. The first-order valence-electron chi connectivity index (χ1n) is 9.49. The summed E-state index contributed by atoms with van der Waals surface area (Å²) in [4.78, 5) is 22.1. The normalized spacial score (nSPS) is 11.4. The second-order valence-electron chi connectivity index (χ2n) is 6.87. The minimum Gasteiger partial charge on any atom is -0.351 e. The van der Waals surface area contributed by atoms with Gasteiger partial charge in [0, 0.05) is 16.4 Å². The molecule has 1 N–H and O–H groups in total. The summed E-state index contributed by atoms with van der Waals surface area (Å²) in [6.07, 6.45) is 0. The van der Waals surface area contributed by atoms with Gasteiger partial charge >= 0.3 is 0 Å². The summed E-state index contributed by atoms with van der Waals surface area (Å²) in [7, 11) is 0. The summed E-state index contributed by atoms with van der Waals surface area (Å²) in [6, 6.07) is 23.8. The van der Waals surface area contributed by atoms with Gasteiger partial charge in [0.2, 0.25) is 5.91 Å². The van der Waals surface area contributed by atoms with Crippen LogP contribution in [0.4, 0.5) is 0 Å². The maximum Gasteiger partial charge on any atom is 0.230 e. The van der Waals surface area contributed by atoms with Crippen LogP contribution < -0.4 is 5.32 Å². The van der Waals surface area contributed by atoms with Crippen LogP contribution >= 0.6 is 27.7 Å². The number of thioether (sulfide) groups is 1. The molecule has 30 heavy (non-hydrogen) atoms. The predicted octanol–water partition coefficient (Wildman–Crippen LogP) is 5.21. The first-order chi connectivity index (χ1) is 14.7. The van der Waals surface area contributed by atoms with Crippen LogP contribution in [-0.2, 0) is 11.3 Å². The number of benzene rings is 3. The topological polar surface area (TPSA) is 59.3 Å². The Morgan fingerprint density at radius 2 is 1.77 bits per heavy atom. The second-order valence-corrected chi connectivity index (χ2v) is 8.72. The summed E-state index contributed by atoms with van der Waals surface area (Å²) < 4.78 is 3.02. The zero-order chi connectivity index (χ0) is 20.5. The van der Waals surface area contributed by atoms with Gasteiger partial charge in [-0.3, -0.25) is 9.20 Å². The third kappa shape index (κ3) is 3.66. The zero-order valence-electron chi connectivity index (χ0n) is 15.9. The molecule has 0 unspecified atom stereocenters. The molecular weight excluding hydrogens is 460 g/mol. The van der Waals surface area contributed by atoms with Gasteiger partial charge in [0.15, 0.2) is 5.16 Å². The lowest BCUT2D eigenvalue weighted by molar-refractivity contribution is -0.118. The van der Waals surface area contributed by atoms with Crippen molar-refractivity contribution < 1.29 is 4.79 Å². The number of fused-ring (bicyclic) bond motifs is 5. The molecule has 0 aliphatic heterocycles. The molecule has 5 aromatic rings. The first kappa shape index (κ1) is 19.1. The van der Waals surface area contributed by atoms with E-state index in [4.69, 9.17) is 9.97 Å². The molecule has 2 heterocycles. The molecular formula is C23H17BrN4OS. The van der Waals surface area contributed by atoms with Crippen molar-refractivity contribution in [3.05, 3.63) is 82.8 Å². The minimum absolute atomic E-state index is 0.0286. The lowest BCUT2D eigenvalue weighted by Crippen LogP contribution is -2.24. The maximum absolute atomic E-state index is 12.4. The Bertz CT molecular complexity index is 1380. The van der Waals surface area contributed by atoms with E-state index >= 15 is 0 Å². The number of amides is 1. The Labute approximate surface area is 185 Å². The molecule has 0 spiro atoms. The SMILES string of the molecule is O=C(CSc1nc2ccc(Br)cc2c2nc3ccccc3n12)NCc1ccccc1. The number of imidazole rings is 1. The summed E-state index contributed by atoms with van der Waals surface area (Å²) in [5.41, 5.74) is 4.66. The Morgan fingerprint density at radius 1 is 0.967 bits per heavy atom. The molecule has 148 valence electrons. The third-order valence-electron chi connectivity index (χ3n) is 4.83. The van der Waals surface area contributed by atoms with Gasteiger partial charge in [0.1, 0.15) is 5.65 Å². The van der Waals surface area contributed by atoms with Crippen LogP contribution in [0, 0.1) is 0 Å². The van der Waals surface area contributed by atoms with Crippen LogP contribution in [0.5, 0.6) is 0 Å². The number of carbonyl (C=O) groups is 1. The number of hydrogen-bond acceptors (Lipinski definition) is 4. The van der Waals surface area contributed by atoms with Gasteiger partial charge in [-0.1, -0.05) is 70.2 Å². The largest absolute Gasteiger partial charge is 0.351 e. The molecule has 1 amide bonds. The van der Waals surface area contributed by atoms with Crippen LogP contribution in [0.1, 0.15) is 5.56 Å². The molecule has 3 aromatic carbocycles. The highest BCUT2D eigenvalue weighted by molar-refractivity contribution is 9.10. The lowest BCUT2D eigenvalue weighted by Gasteiger charge is -2.09. The van der Waals surface area contributed by atoms with Crippen molar-refractivity contribution in [3.63, 3.8) is 0 Å². The number of rotatable bonds is 5. The van der Waals surface area contributed by atoms with Gasteiger partial charge < -0.3 is 5.32 Å². The summed E-state index contributed by atoms with van der Waals surface area (Å²) in [5.74, 6) is 0.253.